The number of hydrogen-bond donors (Lipinski definition) is 0. The lowest BCUT2D eigenvalue weighted by Crippen LogP contribution is -2.07. The third-order valence-corrected chi connectivity index (χ3v) is 2.12. The van der Waals surface area contributed by atoms with E-state index in [1.165, 1.54) is 14.0 Å². The molecule has 82 valence electrons. The van der Waals surface area contributed by atoms with E-state index in [0.717, 1.165) is 6.07 Å². The number of esters is 1. The maximum absolute atomic E-state index is 12.5. The van der Waals surface area contributed by atoms with Crippen LogP contribution in [0.4, 0.5) is 8.78 Å². The van der Waals surface area contributed by atoms with E-state index in [2.05, 4.69) is 9.72 Å². The lowest BCUT2D eigenvalue weighted by molar-refractivity contribution is 0.0593. The smallest absolute Gasteiger partial charge is 0.356 e. The molecule has 0 aliphatic carbocycles. The van der Waals surface area contributed by atoms with E-state index in [1.54, 1.807) is 0 Å². The van der Waals surface area contributed by atoms with E-state index in [1.807, 2.05) is 0 Å². The van der Waals surface area contributed by atoms with E-state index in [0.29, 0.717) is 0 Å². The number of carbonyl (C=O) groups excluding carboxylic acids is 1. The predicted octanol–water partition coefficient (Wildman–Crippen LogP) is 2.77. The van der Waals surface area contributed by atoms with Crippen molar-refractivity contribution in [1.82, 2.24) is 4.98 Å². The van der Waals surface area contributed by atoms with E-state index >= 15 is 0 Å². The molecule has 0 N–H and O–H groups in total. The molecule has 0 aliphatic heterocycles. The minimum absolute atomic E-state index is 0.0258. The van der Waals surface area contributed by atoms with Crippen LogP contribution < -0.4 is 0 Å². The zero-order valence-corrected chi connectivity index (χ0v) is 8.81. The molecule has 0 aliphatic rings. The van der Waals surface area contributed by atoms with Crippen molar-refractivity contribution in [2.24, 2.45) is 0 Å². The summed E-state index contributed by atoms with van der Waals surface area (Å²) in [4.78, 5) is 14.8. The zero-order chi connectivity index (χ0) is 11.6. The lowest BCUT2D eigenvalue weighted by atomic mass is 10.2. The van der Waals surface area contributed by atoms with Crippen molar-refractivity contribution < 1.29 is 18.3 Å². The summed E-state index contributed by atoms with van der Waals surface area (Å²) in [6.45, 7) is 1.36. The average Bonchev–Trinajstić information content (AvgIpc) is 2.14. The quantitative estimate of drug-likeness (QED) is 0.740. The van der Waals surface area contributed by atoms with Gasteiger partial charge in [0.05, 0.1) is 17.7 Å². The molecule has 0 fully saturated rings. The highest BCUT2D eigenvalue weighted by Crippen LogP contribution is 2.29. The molecule has 0 saturated carbocycles. The summed E-state index contributed by atoms with van der Waals surface area (Å²) in [5.41, 5.74) is -0.411. The van der Waals surface area contributed by atoms with Crippen LogP contribution in [0.2, 0.25) is 5.02 Å². The summed E-state index contributed by atoms with van der Waals surface area (Å²) >= 11 is 5.60. The first-order valence-corrected chi connectivity index (χ1v) is 4.38. The van der Waals surface area contributed by atoms with Crippen LogP contribution in [0.3, 0.4) is 0 Å². The van der Waals surface area contributed by atoms with Crippen molar-refractivity contribution in [1.29, 1.82) is 0 Å². The molecule has 0 spiro atoms. The minimum atomic E-state index is -2.71. The second-order valence-corrected chi connectivity index (χ2v) is 3.19. The van der Waals surface area contributed by atoms with Crippen molar-refractivity contribution in [2.75, 3.05) is 7.11 Å². The van der Waals surface area contributed by atoms with Gasteiger partial charge in [-0.3, -0.25) is 0 Å². The van der Waals surface area contributed by atoms with Gasteiger partial charge in [-0.2, -0.15) is 0 Å². The molecule has 0 saturated heterocycles. The van der Waals surface area contributed by atoms with Gasteiger partial charge in [-0.15, -0.1) is 0 Å². The fourth-order valence-corrected chi connectivity index (χ4v) is 1.44. The standard InChI is InChI=1S/C9H8ClF2NO2/c1-4-7(8(11)12)5(10)3-6(13-4)9(14)15-2/h3,8H,1-2H3. The number of methoxy groups -OCH3 is 1. The predicted molar refractivity (Wildman–Crippen MR) is 50.3 cm³/mol. The van der Waals surface area contributed by atoms with Crippen molar-refractivity contribution in [3.05, 3.63) is 28.0 Å². The molecule has 0 aromatic carbocycles. The largest absolute Gasteiger partial charge is 0.464 e. The number of pyridine rings is 1. The fourth-order valence-electron chi connectivity index (χ4n) is 1.12. The van der Waals surface area contributed by atoms with Crippen LogP contribution in [0.5, 0.6) is 0 Å². The van der Waals surface area contributed by atoms with E-state index in [4.69, 9.17) is 11.6 Å². The lowest BCUT2D eigenvalue weighted by Gasteiger charge is -2.08. The molecule has 1 aromatic heterocycles. The normalized spacial score (nSPS) is 10.5. The highest BCUT2D eigenvalue weighted by atomic mass is 35.5. The number of carbonyl (C=O) groups is 1. The van der Waals surface area contributed by atoms with Crippen LogP contribution in [0.1, 0.15) is 28.2 Å². The molecule has 0 amide bonds. The number of rotatable bonds is 2. The van der Waals surface area contributed by atoms with E-state index in [9.17, 15) is 13.6 Å². The molecule has 6 heteroatoms. The van der Waals surface area contributed by atoms with Gasteiger partial charge in [0, 0.05) is 5.69 Å². The number of halogens is 3. The Bertz CT molecular complexity index is 373. The van der Waals surface area contributed by atoms with Gasteiger partial charge in [0.2, 0.25) is 0 Å². The van der Waals surface area contributed by atoms with Crippen molar-refractivity contribution >= 4 is 17.6 Å². The van der Waals surface area contributed by atoms with Crippen LogP contribution in [0.25, 0.3) is 0 Å². The van der Waals surface area contributed by atoms with Gasteiger partial charge < -0.3 is 4.74 Å². The summed E-state index contributed by atoms with van der Waals surface area (Å²) in [6, 6.07) is 1.07. The third kappa shape index (κ3) is 2.41. The van der Waals surface area contributed by atoms with Gasteiger partial charge in [0.25, 0.3) is 6.43 Å². The van der Waals surface area contributed by atoms with Crippen molar-refractivity contribution in [3.8, 4) is 0 Å². The van der Waals surface area contributed by atoms with Crippen LogP contribution >= 0.6 is 11.6 Å². The molecule has 1 rings (SSSR count). The Morgan fingerprint density at radius 2 is 2.20 bits per heavy atom. The van der Waals surface area contributed by atoms with Crippen LogP contribution in [-0.2, 0) is 4.74 Å². The summed E-state index contributed by atoms with van der Waals surface area (Å²) in [5, 5.41) is -0.182. The molecule has 3 nitrogen and oxygen atoms in total. The number of aryl methyl sites for hydroxylation is 1. The second-order valence-electron chi connectivity index (χ2n) is 2.78. The summed E-state index contributed by atoms with van der Waals surface area (Å²) in [5.74, 6) is -0.708. The first-order valence-electron chi connectivity index (χ1n) is 4.01. The van der Waals surface area contributed by atoms with Gasteiger partial charge in [-0.1, -0.05) is 11.6 Å². The van der Waals surface area contributed by atoms with Crippen LogP contribution in [-0.4, -0.2) is 18.1 Å². The van der Waals surface area contributed by atoms with Crippen molar-refractivity contribution in [3.63, 3.8) is 0 Å². The maximum Gasteiger partial charge on any atom is 0.356 e. The number of hydrogen-bond acceptors (Lipinski definition) is 3. The van der Waals surface area contributed by atoms with Crippen LogP contribution in [0, 0.1) is 6.92 Å². The molecular weight excluding hydrogens is 228 g/mol. The summed E-state index contributed by atoms with van der Waals surface area (Å²) in [6.07, 6.45) is -2.71. The topological polar surface area (TPSA) is 39.2 Å². The molecule has 0 bridgehead atoms. The van der Waals surface area contributed by atoms with Gasteiger partial charge in [0.15, 0.2) is 0 Å². The average molecular weight is 236 g/mol. The molecule has 1 aromatic rings. The highest BCUT2D eigenvalue weighted by Gasteiger charge is 2.19. The molecule has 0 unspecified atom stereocenters. The molecule has 0 atom stereocenters. The summed E-state index contributed by atoms with van der Waals surface area (Å²) in [7, 11) is 1.17. The SMILES string of the molecule is COC(=O)c1cc(Cl)c(C(F)F)c(C)n1. The monoisotopic (exact) mass is 235 g/mol. The Kier molecular flexibility index (Phi) is 3.57. The highest BCUT2D eigenvalue weighted by molar-refractivity contribution is 6.31. The van der Waals surface area contributed by atoms with Gasteiger partial charge in [0.1, 0.15) is 5.69 Å². The Morgan fingerprint density at radius 3 is 2.60 bits per heavy atom. The number of ether oxygens (including phenoxy) is 1. The van der Waals surface area contributed by atoms with Crippen molar-refractivity contribution in [2.45, 2.75) is 13.3 Å². The Morgan fingerprint density at radius 1 is 1.60 bits per heavy atom. The van der Waals surface area contributed by atoms with Crippen LogP contribution in [0.15, 0.2) is 6.07 Å². The zero-order valence-electron chi connectivity index (χ0n) is 8.05. The maximum atomic E-state index is 12.5. The Hall–Kier alpha value is -1.23. The van der Waals surface area contributed by atoms with E-state index < -0.39 is 12.4 Å². The third-order valence-electron chi connectivity index (χ3n) is 1.81. The Balaban J connectivity index is 3.25. The molecule has 0 radical (unpaired) electrons. The van der Waals surface area contributed by atoms with E-state index in [-0.39, 0.29) is 22.0 Å². The number of nitrogens with zero attached hydrogens (tertiary/aromatic N) is 1. The fraction of sp³-hybridized carbons (Fsp3) is 0.333. The minimum Gasteiger partial charge on any atom is -0.464 e. The van der Waals surface area contributed by atoms with Gasteiger partial charge >= 0.3 is 5.97 Å². The number of aromatic nitrogens is 1. The van der Waals surface area contributed by atoms with Gasteiger partial charge in [-0.05, 0) is 13.0 Å². The second kappa shape index (κ2) is 4.53. The first-order chi connectivity index (χ1) is 6.97. The summed E-state index contributed by atoms with van der Waals surface area (Å²) < 4.78 is 29.3. The number of alkyl halides is 2. The molecule has 15 heavy (non-hydrogen) atoms. The molecular formula is C9H8ClF2NO2. The Labute approximate surface area is 90.0 Å². The first kappa shape index (κ1) is 11.8. The molecule has 1 heterocycles. The van der Waals surface area contributed by atoms with Gasteiger partial charge in [-0.25, -0.2) is 18.6 Å².